The zero-order valence-electron chi connectivity index (χ0n) is 14.6. The van der Waals surface area contributed by atoms with E-state index in [1.807, 2.05) is 13.8 Å². The van der Waals surface area contributed by atoms with Crippen molar-refractivity contribution in [2.45, 2.75) is 68.6 Å². The summed E-state index contributed by atoms with van der Waals surface area (Å²) in [5.74, 6) is 4.01. The fourth-order valence-corrected chi connectivity index (χ4v) is 4.04. The fraction of sp³-hybridized carbons (Fsp3) is 0.800. The molecule has 1 atom stereocenters. The van der Waals surface area contributed by atoms with Gasteiger partial charge in [0.2, 0.25) is 11.1 Å². The average Bonchev–Trinajstić information content (AvgIpc) is 2.92. The van der Waals surface area contributed by atoms with Crippen molar-refractivity contribution < 1.29 is 18.0 Å². The van der Waals surface area contributed by atoms with Crippen LogP contribution in [0.15, 0.2) is 5.16 Å². The lowest BCUT2D eigenvalue weighted by Gasteiger charge is -2.34. The number of nitrogen functional groups attached to an aromatic ring is 1. The van der Waals surface area contributed by atoms with E-state index in [0.717, 1.165) is 37.4 Å². The Hall–Kier alpha value is -1.45. The van der Waals surface area contributed by atoms with E-state index in [2.05, 4.69) is 10.2 Å². The first-order valence-electron chi connectivity index (χ1n) is 8.34. The number of halogens is 3. The van der Waals surface area contributed by atoms with Gasteiger partial charge in [-0.15, -0.1) is 10.2 Å². The lowest BCUT2D eigenvalue weighted by atomic mass is 9.94. The fourth-order valence-electron chi connectivity index (χ4n) is 2.98. The number of aromatic nitrogens is 3. The van der Waals surface area contributed by atoms with Crippen molar-refractivity contribution in [3.05, 3.63) is 5.82 Å². The Morgan fingerprint density at radius 3 is 2.36 bits per heavy atom. The molecule has 1 aliphatic carbocycles. The van der Waals surface area contributed by atoms with Crippen LogP contribution in [-0.2, 0) is 11.0 Å². The van der Waals surface area contributed by atoms with Crippen LogP contribution in [0.3, 0.4) is 0 Å². The molecule has 1 aliphatic rings. The van der Waals surface area contributed by atoms with E-state index >= 15 is 0 Å². The minimum absolute atomic E-state index is 0.0884. The maximum absolute atomic E-state index is 12.9. The summed E-state index contributed by atoms with van der Waals surface area (Å²) in [6, 6.07) is 0.185. The summed E-state index contributed by atoms with van der Waals surface area (Å²) in [6.45, 7) is 3.71. The van der Waals surface area contributed by atoms with Gasteiger partial charge in [-0.1, -0.05) is 44.9 Å². The largest absolute Gasteiger partial charge is 0.453 e. The molecule has 25 heavy (non-hydrogen) atoms. The quantitative estimate of drug-likeness (QED) is 0.629. The van der Waals surface area contributed by atoms with E-state index < -0.39 is 17.3 Å². The van der Waals surface area contributed by atoms with Crippen LogP contribution in [0, 0.1) is 5.92 Å². The summed E-state index contributed by atoms with van der Waals surface area (Å²) in [5.41, 5.74) is 0. The highest BCUT2D eigenvalue weighted by molar-refractivity contribution is 8.00. The highest BCUT2D eigenvalue weighted by Gasteiger charge is 2.39. The van der Waals surface area contributed by atoms with Crippen molar-refractivity contribution in [1.29, 1.82) is 0 Å². The molecular weight excluding hydrogens is 355 g/mol. The molecule has 10 heteroatoms. The molecule has 0 saturated heterocycles. The zero-order chi connectivity index (χ0) is 18.8. The normalized spacial score (nSPS) is 17.7. The molecule has 1 fully saturated rings. The number of amides is 1. The highest BCUT2D eigenvalue weighted by Crippen LogP contribution is 2.33. The van der Waals surface area contributed by atoms with Gasteiger partial charge in [0.1, 0.15) is 0 Å². The topological polar surface area (TPSA) is 77.0 Å². The molecule has 1 amide bonds. The Morgan fingerprint density at radius 2 is 1.88 bits per heavy atom. The van der Waals surface area contributed by atoms with Gasteiger partial charge in [0.25, 0.3) is 5.82 Å². The van der Waals surface area contributed by atoms with E-state index in [4.69, 9.17) is 5.84 Å². The van der Waals surface area contributed by atoms with Crippen molar-refractivity contribution in [2.75, 3.05) is 12.9 Å². The standard InChI is InChI=1S/C15H24F3N5OS/c1-9(2)11(12(24)22(3)10-7-5-4-6-8-10)25-14-21-20-13(23(14)19)15(16,17)18/h9-11H,4-8,19H2,1-3H3/t11-/m1/s1. The monoisotopic (exact) mass is 379 g/mol. The second kappa shape index (κ2) is 7.84. The Balaban J connectivity index is 2.15. The maximum atomic E-state index is 12.9. The number of hydrogen-bond donors (Lipinski definition) is 1. The summed E-state index contributed by atoms with van der Waals surface area (Å²) in [5, 5.41) is 5.95. The van der Waals surface area contributed by atoms with E-state index in [1.165, 1.54) is 6.42 Å². The van der Waals surface area contributed by atoms with Gasteiger partial charge >= 0.3 is 6.18 Å². The predicted octanol–water partition coefficient (Wildman–Crippen LogP) is 2.92. The SMILES string of the molecule is CC(C)[C@@H](Sc1nnc(C(F)(F)F)n1N)C(=O)N(C)C1CCCCC1. The molecule has 0 spiro atoms. The van der Waals surface area contributed by atoms with Crippen molar-refractivity contribution in [2.24, 2.45) is 5.92 Å². The van der Waals surface area contributed by atoms with Gasteiger partial charge in [-0.2, -0.15) is 13.2 Å². The first-order valence-corrected chi connectivity index (χ1v) is 9.22. The number of nitrogens with two attached hydrogens (primary N) is 1. The van der Waals surface area contributed by atoms with Crippen molar-refractivity contribution in [3.63, 3.8) is 0 Å². The van der Waals surface area contributed by atoms with Crippen LogP contribution < -0.4 is 5.84 Å². The van der Waals surface area contributed by atoms with Crippen LogP contribution in [0.2, 0.25) is 0 Å². The van der Waals surface area contributed by atoms with Crippen molar-refractivity contribution >= 4 is 17.7 Å². The number of hydrogen-bond acceptors (Lipinski definition) is 5. The second-order valence-corrected chi connectivity index (χ2v) is 7.81. The summed E-state index contributed by atoms with van der Waals surface area (Å²) in [6.07, 6.45) is 0.599. The van der Waals surface area contributed by atoms with Crippen molar-refractivity contribution in [1.82, 2.24) is 19.8 Å². The minimum atomic E-state index is -4.68. The summed E-state index contributed by atoms with van der Waals surface area (Å²) >= 11 is 0.934. The smallest absolute Gasteiger partial charge is 0.342 e. The lowest BCUT2D eigenvalue weighted by Crippen LogP contribution is -2.44. The first kappa shape index (κ1) is 19.9. The molecule has 2 rings (SSSR count). The van der Waals surface area contributed by atoms with E-state index in [-0.39, 0.29) is 23.0 Å². The van der Waals surface area contributed by atoms with Gasteiger partial charge in [-0.05, 0) is 18.8 Å². The lowest BCUT2D eigenvalue weighted by molar-refractivity contribution is -0.146. The van der Waals surface area contributed by atoms with E-state index in [9.17, 15) is 18.0 Å². The summed E-state index contributed by atoms with van der Waals surface area (Å²) in [4.78, 5) is 14.6. The van der Waals surface area contributed by atoms with Crippen LogP contribution in [0.25, 0.3) is 0 Å². The Morgan fingerprint density at radius 1 is 1.28 bits per heavy atom. The van der Waals surface area contributed by atoms with Crippen LogP contribution in [-0.4, -0.2) is 44.0 Å². The predicted molar refractivity (Wildman–Crippen MR) is 89.3 cm³/mol. The third kappa shape index (κ3) is 4.59. The molecule has 0 aliphatic heterocycles. The second-order valence-electron chi connectivity index (χ2n) is 6.70. The average molecular weight is 379 g/mol. The van der Waals surface area contributed by atoms with Crippen LogP contribution >= 0.6 is 11.8 Å². The molecule has 2 N–H and O–H groups in total. The molecular formula is C15H24F3N5OS. The molecule has 0 aromatic carbocycles. The van der Waals surface area contributed by atoms with E-state index in [0.29, 0.717) is 4.68 Å². The van der Waals surface area contributed by atoms with Gasteiger partial charge < -0.3 is 10.7 Å². The molecule has 1 aromatic heterocycles. The molecule has 142 valence electrons. The molecule has 0 radical (unpaired) electrons. The van der Waals surface area contributed by atoms with Crippen LogP contribution in [0.4, 0.5) is 13.2 Å². The molecule has 1 heterocycles. The Kier molecular flexibility index (Phi) is 6.23. The molecule has 0 unspecified atom stereocenters. The van der Waals surface area contributed by atoms with Crippen LogP contribution in [0.1, 0.15) is 51.8 Å². The van der Waals surface area contributed by atoms with Gasteiger partial charge in [0.15, 0.2) is 0 Å². The molecule has 6 nitrogen and oxygen atoms in total. The van der Waals surface area contributed by atoms with Gasteiger partial charge in [-0.3, -0.25) is 4.79 Å². The number of nitrogens with zero attached hydrogens (tertiary/aromatic N) is 4. The van der Waals surface area contributed by atoms with Gasteiger partial charge in [0.05, 0.1) is 5.25 Å². The third-order valence-corrected chi connectivity index (χ3v) is 5.96. The van der Waals surface area contributed by atoms with E-state index in [1.54, 1.807) is 11.9 Å². The first-order chi connectivity index (χ1) is 11.6. The summed E-state index contributed by atoms with van der Waals surface area (Å²) in [7, 11) is 1.77. The van der Waals surface area contributed by atoms with Gasteiger partial charge in [-0.25, -0.2) is 4.68 Å². The molecule has 1 aromatic rings. The Labute approximate surface area is 149 Å². The Bertz CT molecular complexity index is 598. The number of carbonyl (C=O) groups excluding carboxylic acids is 1. The summed E-state index contributed by atoms with van der Waals surface area (Å²) < 4.78 is 38.8. The number of rotatable bonds is 5. The maximum Gasteiger partial charge on any atom is 0.453 e. The third-order valence-electron chi connectivity index (χ3n) is 4.47. The number of alkyl halides is 3. The van der Waals surface area contributed by atoms with Gasteiger partial charge in [0, 0.05) is 13.1 Å². The number of carbonyl (C=O) groups is 1. The molecule has 0 bridgehead atoms. The zero-order valence-corrected chi connectivity index (χ0v) is 15.4. The molecule has 1 saturated carbocycles. The van der Waals surface area contributed by atoms with Crippen LogP contribution in [0.5, 0.6) is 0 Å². The van der Waals surface area contributed by atoms with Crippen molar-refractivity contribution in [3.8, 4) is 0 Å². The minimum Gasteiger partial charge on any atom is -0.342 e. The number of thioether (sulfide) groups is 1. The highest BCUT2D eigenvalue weighted by atomic mass is 32.2.